The van der Waals surface area contributed by atoms with E-state index in [2.05, 4.69) is 20.1 Å². The summed E-state index contributed by atoms with van der Waals surface area (Å²) in [5.74, 6) is 1.70. The summed E-state index contributed by atoms with van der Waals surface area (Å²) in [7, 11) is 0. The number of hydrogen-bond acceptors (Lipinski definition) is 8. The Morgan fingerprint density at radius 3 is 1.96 bits per heavy atom. The second-order valence-electron chi connectivity index (χ2n) is 6.67. The summed E-state index contributed by atoms with van der Waals surface area (Å²) in [4.78, 5) is 26.8. The quantitative estimate of drug-likeness (QED) is 0.763. The van der Waals surface area contributed by atoms with Gasteiger partial charge in [0.05, 0.1) is 0 Å². The van der Waals surface area contributed by atoms with Gasteiger partial charge in [-0.1, -0.05) is 12.8 Å². The first-order valence-electron chi connectivity index (χ1n) is 9.05. The van der Waals surface area contributed by atoms with Crippen LogP contribution in [0.15, 0.2) is 4.63 Å². The van der Waals surface area contributed by atoms with E-state index in [1.807, 2.05) is 4.90 Å². The molecule has 2 fully saturated rings. The van der Waals surface area contributed by atoms with Gasteiger partial charge in [0.25, 0.3) is 0 Å². The van der Waals surface area contributed by atoms with E-state index in [0.717, 1.165) is 70.0 Å². The number of carbonyl (C=O) groups excluding carboxylic acids is 1. The Hall–Kier alpha value is -2.45. The minimum Gasteiger partial charge on any atom is -0.353 e. The lowest BCUT2D eigenvalue weighted by Crippen LogP contribution is -2.33. The molecule has 2 saturated heterocycles. The van der Waals surface area contributed by atoms with Crippen LogP contribution in [0, 0.1) is 0 Å². The van der Waals surface area contributed by atoms with Crippen LogP contribution in [0.1, 0.15) is 32.1 Å². The van der Waals surface area contributed by atoms with Crippen molar-refractivity contribution >= 4 is 29.3 Å². The fraction of sp³-hybridized carbons (Fsp3) is 0.688. The number of anilines is 2. The summed E-state index contributed by atoms with van der Waals surface area (Å²) in [5, 5.41) is 7.73. The number of aromatic nitrogens is 4. The summed E-state index contributed by atoms with van der Waals surface area (Å²) in [6.07, 6.45) is 6.67. The molecule has 4 heterocycles. The molecule has 2 aromatic heterocycles. The van der Waals surface area contributed by atoms with E-state index in [1.165, 1.54) is 12.8 Å². The van der Waals surface area contributed by atoms with Crippen LogP contribution in [0.2, 0.25) is 0 Å². The molecule has 9 heteroatoms. The molecule has 0 bridgehead atoms. The second-order valence-corrected chi connectivity index (χ2v) is 6.67. The van der Waals surface area contributed by atoms with Crippen molar-refractivity contribution in [1.82, 2.24) is 25.2 Å². The highest BCUT2D eigenvalue weighted by molar-refractivity contribution is 5.74. The minimum atomic E-state index is 0.435. The molecule has 2 aliphatic heterocycles. The van der Waals surface area contributed by atoms with Gasteiger partial charge in [0.15, 0.2) is 11.6 Å². The van der Waals surface area contributed by atoms with Gasteiger partial charge >= 0.3 is 0 Å². The Balaban J connectivity index is 1.70. The summed E-state index contributed by atoms with van der Waals surface area (Å²) in [5.41, 5.74) is 0.886. The van der Waals surface area contributed by atoms with Crippen molar-refractivity contribution in [2.75, 3.05) is 49.1 Å². The Kier molecular flexibility index (Phi) is 4.62. The molecule has 0 saturated carbocycles. The van der Waals surface area contributed by atoms with Crippen LogP contribution in [0.3, 0.4) is 0 Å². The molecular formula is C16H23N7O2. The van der Waals surface area contributed by atoms with Gasteiger partial charge in [0, 0.05) is 39.3 Å². The van der Waals surface area contributed by atoms with Crippen molar-refractivity contribution in [3.05, 3.63) is 0 Å². The van der Waals surface area contributed by atoms with Crippen molar-refractivity contribution in [1.29, 1.82) is 0 Å². The lowest BCUT2D eigenvalue weighted by atomic mass is 10.2. The van der Waals surface area contributed by atoms with Crippen LogP contribution in [-0.2, 0) is 4.79 Å². The summed E-state index contributed by atoms with van der Waals surface area (Å²) < 4.78 is 4.82. The molecule has 0 spiro atoms. The predicted octanol–water partition coefficient (Wildman–Crippen LogP) is 1.06. The standard InChI is InChI=1S/C16H23N7O2/c24-12-21-6-5-9-23(11-10-21)16-15(22-7-3-1-2-4-8-22)17-13-14(18-16)20-25-19-13/h12H,1-11H2. The molecule has 0 radical (unpaired) electrons. The molecule has 1 amide bonds. The van der Waals surface area contributed by atoms with E-state index < -0.39 is 0 Å². The number of rotatable bonds is 3. The Bertz CT molecular complexity index is 726. The average Bonchev–Trinajstić information content (AvgIpc) is 2.83. The van der Waals surface area contributed by atoms with Crippen LogP contribution in [0.4, 0.5) is 11.6 Å². The highest BCUT2D eigenvalue weighted by atomic mass is 16.6. The Labute approximate surface area is 145 Å². The Morgan fingerprint density at radius 2 is 1.32 bits per heavy atom. The fourth-order valence-corrected chi connectivity index (χ4v) is 3.58. The third-order valence-electron chi connectivity index (χ3n) is 4.96. The first-order chi connectivity index (χ1) is 12.3. The maximum atomic E-state index is 11.1. The molecule has 0 N–H and O–H groups in total. The first-order valence-corrected chi connectivity index (χ1v) is 9.05. The molecule has 134 valence electrons. The van der Waals surface area contributed by atoms with Gasteiger partial charge in [-0.15, -0.1) is 0 Å². The molecule has 4 rings (SSSR count). The van der Waals surface area contributed by atoms with E-state index in [1.54, 1.807) is 0 Å². The van der Waals surface area contributed by atoms with Gasteiger partial charge in [0.2, 0.25) is 17.7 Å². The van der Waals surface area contributed by atoms with Crippen molar-refractivity contribution in [2.45, 2.75) is 32.1 Å². The van der Waals surface area contributed by atoms with Gasteiger partial charge in [0.1, 0.15) is 0 Å². The van der Waals surface area contributed by atoms with Gasteiger partial charge in [-0.2, -0.15) is 0 Å². The van der Waals surface area contributed by atoms with Gasteiger partial charge < -0.3 is 14.7 Å². The first kappa shape index (κ1) is 16.0. The maximum Gasteiger partial charge on any atom is 0.245 e. The molecule has 0 aromatic carbocycles. The molecule has 0 atom stereocenters. The van der Waals surface area contributed by atoms with Crippen molar-refractivity contribution < 1.29 is 9.42 Å². The summed E-state index contributed by atoms with van der Waals surface area (Å²) in [6, 6.07) is 0. The number of fused-ring (bicyclic) bond motifs is 1. The number of nitrogens with zero attached hydrogens (tertiary/aromatic N) is 7. The normalized spacial score (nSPS) is 19.8. The fourth-order valence-electron chi connectivity index (χ4n) is 3.58. The van der Waals surface area contributed by atoms with Crippen LogP contribution in [0.25, 0.3) is 11.3 Å². The van der Waals surface area contributed by atoms with E-state index in [-0.39, 0.29) is 0 Å². The number of amides is 1. The monoisotopic (exact) mass is 345 g/mol. The highest BCUT2D eigenvalue weighted by Crippen LogP contribution is 2.29. The predicted molar refractivity (Wildman–Crippen MR) is 92.5 cm³/mol. The zero-order chi connectivity index (χ0) is 17.1. The highest BCUT2D eigenvalue weighted by Gasteiger charge is 2.24. The smallest absolute Gasteiger partial charge is 0.245 e. The van der Waals surface area contributed by atoms with Crippen molar-refractivity contribution in [2.24, 2.45) is 0 Å². The number of carbonyl (C=O) groups is 1. The minimum absolute atomic E-state index is 0.435. The van der Waals surface area contributed by atoms with Gasteiger partial charge in [-0.05, 0) is 29.6 Å². The SMILES string of the molecule is O=CN1CCCN(c2nc3nonc3nc2N2CCCCCC2)CC1. The molecular weight excluding hydrogens is 322 g/mol. The lowest BCUT2D eigenvalue weighted by molar-refractivity contribution is -0.117. The zero-order valence-corrected chi connectivity index (χ0v) is 14.3. The van der Waals surface area contributed by atoms with Crippen LogP contribution >= 0.6 is 0 Å². The second kappa shape index (κ2) is 7.20. The summed E-state index contributed by atoms with van der Waals surface area (Å²) in [6.45, 7) is 5.02. The van der Waals surface area contributed by atoms with Crippen molar-refractivity contribution in [3.8, 4) is 0 Å². The van der Waals surface area contributed by atoms with Crippen LogP contribution in [-0.4, -0.2) is 70.9 Å². The molecule has 0 unspecified atom stereocenters. The molecule has 2 aromatic rings. The Morgan fingerprint density at radius 1 is 0.720 bits per heavy atom. The van der Waals surface area contributed by atoms with Gasteiger partial charge in [-0.25, -0.2) is 14.6 Å². The van der Waals surface area contributed by atoms with Crippen LogP contribution in [0.5, 0.6) is 0 Å². The van der Waals surface area contributed by atoms with Crippen molar-refractivity contribution in [3.63, 3.8) is 0 Å². The largest absolute Gasteiger partial charge is 0.353 e. The van der Waals surface area contributed by atoms with E-state index in [4.69, 9.17) is 14.6 Å². The zero-order valence-electron chi connectivity index (χ0n) is 14.3. The van der Waals surface area contributed by atoms with Gasteiger partial charge in [-0.3, -0.25) is 4.79 Å². The number of hydrogen-bond donors (Lipinski definition) is 0. The summed E-state index contributed by atoms with van der Waals surface area (Å²) >= 11 is 0. The molecule has 2 aliphatic rings. The molecule has 0 aliphatic carbocycles. The van der Waals surface area contributed by atoms with E-state index in [9.17, 15) is 4.79 Å². The van der Waals surface area contributed by atoms with Crippen LogP contribution < -0.4 is 9.80 Å². The third-order valence-corrected chi connectivity index (χ3v) is 4.96. The van der Waals surface area contributed by atoms with E-state index in [0.29, 0.717) is 17.8 Å². The molecule has 9 nitrogen and oxygen atoms in total. The molecule has 25 heavy (non-hydrogen) atoms. The van der Waals surface area contributed by atoms with E-state index >= 15 is 0 Å². The lowest BCUT2D eigenvalue weighted by Gasteiger charge is -2.28. The topological polar surface area (TPSA) is 91.5 Å². The maximum absolute atomic E-state index is 11.1. The third kappa shape index (κ3) is 3.35. The average molecular weight is 345 g/mol.